The van der Waals surface area contributed by atoms with Gasteiger partial charge in [0.2, 0.25) is 0 Å². The molecule has 0 bridgehead atoms. The van der Waals surface area contributed by atoms with E-state index in [2.05, 4.69) is 23.2 Å². The summed E-state index contributed by atoms with van der Waals surface area (Å²) in [5.41, 5.74) is 3.51. The Balaban J connectivity index is 1.78. The van der Waals surface area contributed by atoms with Gasteiger partial charge >= 0.3 is 6.03 Å². The van der Waals surface area contributed by atoms with Gasteiger partial charge in [0.05, 0.1) is 14.2 Å². The maximum absolute atomic E-state index is 13.0. The van der Waals surface area contributed by atoms with E-state index < -0.39 is 0 Å². The smallest absolute Gasteiger partial charge is 0.329 e. The van der Waals surface area contributed by atoms with E-state index in [9.17, 15) is 4.79 Å². The minimum Gasteiger partial charge on any atom is -0.493 e. The Hall–Kier alpha value is -3.28. The molecule has 2 heterocycles. The lowest BCUT2D eigenvalue weighted by molar-refractivity contribution is 0.200. The lowest BCUT2D eigenvalue weighted by Crippen LogP contribution is -2.37. The van der Waals surface area contributed by atoms with Crippen LogP contribution in [0.25, 0.3) is 0 Å². The summed E-state index contributed by atoms with van der Waals surface area (Å²) in [4.78, 5) is 18.9. The third-order valence-electron chi connectivity index (χ3n) is 5.27. The van der Waals surface area contributed by atoms with Crippen LogP contribution in [-0.2, 0) is 6.42 Å². The molecule has 4 rings (SSSR count). The molecule has 0 N–H and O–H groups in total. The maximum atomic E-state index is 13.0. The number of aromatic nitrogens is 2. The maximum Gasteiger partial charge on any atom is 0.329 e. The number of hydrogen-bond acceptors (Lipinski definition) is 4. The van der Waals surface area contributed by atoms with Crippen LogP contribution in [0, 0.1) is 0 Å². The van der Waals surface area contributed by atoms with Crippen molar-refractivity contribution in [3.8, 4) is 11.5 Å². The Morgan fingerprint density at radius 3 is 2.54 bits per heavy atom. The number of ether oxygens (including phenoxy) is 2. The molecular weight excluding hydrogens is 354 g/mol. The number of carbonyl (C=O) groups is 1. The van der Waals surface area contributed by atoms with Crippen molar-refractivity contribution in [2.75, 3.05) is 27.3 Å². The predicted molar refractivity (Wildman–Crippen MR) is 106 cm³/mol. The molecule has 1 amide bonds. The molecule has 0 saturated heterocycles. The zero-order valence-corrected chi connectivity index (χ0v) is 16.0. The molecule has 0 aliphatic carbocycles. The lowest BCUT2D eigenvalue weighted by Gasteiger charge is -2.25. The van der Waals surface area contributed by atoms with Crippen LogP contribution in [0.4, 0.5) is 4.79 Å². The second-order valence-corrected chi connectivity index (χ2v) is 6.82. The zero-order chi connectivity index (χ0) is 19.5. The number of imidazole rings is 1. The summed E-state index contributed by atoms with van der Waals surface area (Å²) in [7, 11) is 3.29. The molecular formula is C22H23N3O3. The summed E-state index contributed by atoms with van der Waals surface area (Å²) in [5.74, 6) is 1.46. The van der Waals surface area contributed by atoms with Crippen molar-refractivity contribution in [1.82, 2.24) is 14.5 Å². The topological polar surface area (TPSA) is 56.6 Å². The molecule has 1 aliphatic rings. The van der Waals surface area contributed by atoms with E-state index in [0.717, 1.165) is 6.42 Å². The molecule has 0 fully saturated rings. The SMILES string of the molecule is COc1cc2c(cc1OC)[C@H](c1ccccc1)CN(C(=O)n1ccnc1)CC2. The first-order valence-corrected chi connectivity index (χ1v) is 9.28. The summed E-state index contributed by atoms with van der Waals surface area (Å²) < 4.78 is 12.6. The highest BCUT2D eigenvalue weighted by Gasteiger charge is 2.29. The first-order chi connectivity index (χ1) is 13.7. The zero-order valence-electron chi connectivity index (χ0n) is 16.0. The third kappa shape index (κ3) is 3.33. The molecule has 3 aromatic rings. The first-order valence-electron chi connectivity index (χ1n) is 9.28. The van der Waals surface area contributed by atoms with Gasteiger partial charge in [0, 0.05) is 31.4 Å². The molecule has 1 aromatic heterocycles. The number of benzene rings is 2. The number of fused-ring (bicyclic) bond motifs is 1. The normalized spacial score (nSPS) is 16.2. The fourth-order valence-electron chi connectivity index (χ4n) is 3.82. The number of methoxy groups -OCH3 is 2. The minimum absolute atomic E-state index is 0.0472. The predicted octanol–water partition coefficient (Wildman–Crippen LogP) is 3.56. The van der Waals surface area contributed by atoms with Gasteiger partial charge in [-0.3, -0.25) is 4.57 Å². The van der Waals surface area contributed by atoms with Gasteiger partial charge in [0.15, 0.2) is 11.5 Å². The van der Waals surface area contributed by atoms with Crippen molar-refractivity contribution in [3.05, 3.63) is 77.9 Å². The number of rotatable bonds is 3. The van der Waals surface area contributed by atoms with E-state index in [0.29, 0.717) is 24.6 Å². The Kier molecular flexibility index (Phi) is 5.02. The standard InChI is InChI=1S/C22H23N3O3/c1-27-20-12-17-8-10-24(22(26)25-11-9-23-15-25)14-19(16-6-4-3-5-7-16)18(17)13-21(20)28-2/h3-7,9,11-13,15,19H,8,10,14H2,1-2H3/t19-/m0/s1. The molecule has 6 heteroatoms. The second-order valence-electron chi connectivity index (χ2n) is 6.82. The molecule has 0 spiro atoms. The third-order valence-corrected chi connectivity index (χ3v) is 5.27. The molecule has 0 saturated carbocycles. The van der Waals surface area contributed by atoms with E-state index in [1.54, 1.807) is 32.9 Å². The average molecular weight is 377 g/mol. The van der Waals surface area contributed by atoms with Crippen LogP contribution in [0.3, 0.4) is 0 Å². The van der Waals surface area contributed by atoms with Crippen LogP contribution in [0.2, 0.25) is 0 Å². The highest BCUT2D eigenvalue weighted by Crippen LogP contribution is 2.38. The molecule has 1 aliphatic heterocycles. The Morgan fingerprint density at radius 1 is 1.11 bits per heavy atom. The largest absolute Gasteiger partial charge is 0.493 e. The van der Waals surface area contributed by atoms with Gasteiger partial charge in [0.1, 0.15) is 6.33 Å². The van der Waals surface area contributed by atoms with Gasteiger partial charge in [-0.05, 0) is 35.2 Å². The van der Waals surface area contributed by atoms with E-state index in [1.165, 1.54) is 21.3 Å². The summed E-state index contributed by atoms with van der Waals surface area (Å²) >= 11 is 0. The quantitative estimate of drug-likeness (QED) is 0.700. The highest BCUT2D eigenvalue weighted by atomic mass is 16.5. The van der Waals surface area contributed by atoms with Crippen molar-refractivity contribution >= 4 is 6.03 Å². The van der Waals surface area contributed by atoms with E-state index >= 15 is 0 Å². The minimum atomic E-state index is -0.0647. The molecule has 0 unspecified atom stereocenters. The summed E-state index contributed by atoms with van der Waals surface area (Å²) in [6.45, 7) is 1.21. The van der Waals surface area contributed by atoms with E-state index in [4.69, 9.17) is 9.47 Å². The molecule has 0 radical (unpaired) electrons. The monoisotopic (exact) mass is 377 g/mol. The Labute approximate surface area is 164 Å². The first kappa shape index (κ1) is 18.1. The molecule has 2 aromatic carbocycles. The molecule has 6 nitrogen and oxygen atoms in total. The van der Waals surface area contributed by atoms with Crippen LogP contribution in [-0.4, -0.2) is 47.8 Å². The lowest BCUT2D eigenvalue weighted by atomic mass is 9.87. The highest BCUT2D eigenvalue weighted by molar-refractivity contribution is 5.77. The van der Waals surface area contributed by atoms with E-state index in [-0.39, 0.29) is 11.9 Å². The van der Waals surface area contributed by atoms with Gasteiger partial charge in [-0.15, -0.1) is 0 Å². The van der Waals surface area contributed by atoms with Crippen molar-refractivity contribution in [2.45, 2.75) is 12.3 Å². The second kappa shape index (κ2) is 7.76. The number of nitrogens with zero attached hydrogens (tertiary/aromatic N) is 3. The van der Waals surface area contributed by atoms with Crippen LogP contribution >= 0.6 is 0 Å². The summed E-state index contributed by atoms with van der Waals surface area (Å²) in [6.07, 6.45) is 5.60. The van der Waals surface area contributed by atoms with Crippen LogP contribution < -0.4 is 9.47 Å². The van der Waals surface area contributed by atoms with Gasteiger partial charge in [0.25, 0.3) is 0 Å². The number of amides is 1. The summed E-state index contributed by atoms with van der Waals surface area (Å²) in [5, 5.41) is 0. The molecule has 144 valence electrons. The van der Waals surface area contributed by atoms with Crippen LogP contribution in [0.1, 0.15) is 22.6 Å². The fourth-order valence-corrected chi connectivity index (χ4v) is 3.82. The van der Waals surface area contributed by atoms with Crippen LogP contribution in [0.5, 0.6) is 11.5 Å². The Morgan fingerprint density at radius 2 is 1.86 bits per heavy atom. The summed E-state index contributed by atoms with van der Waals surface area (Å²) in [6, 6.07) is 14.3. The van der Waals surface area contributed by atoms with Crippen molar-refractivity contribution in [2.24, 2.45) is 0 Å². The van der Waals surface area contributed by atoms with Crippen molar-refractivity contribution in [3.63, 3.8) is 0 Å². The fraction of sp³-hybridized carbons (Fsp3) is 0.273. The van der Waals surface area contributed by atoms with Gasteiger partial charge in [-0.1, -0.05) is 30.3 Å². The van der Waals surface area contributed by atoms with Crippen molar-refractivity contribution < 1.29 is 14.3 Å². The molecule has 1 atom stereocenters. The van der Waals surface area contributed by atoms with Crippen molar-refractivity contribution in [1.29, 1.82) is 0 Å². The van der Waals surface area contributed by atoms with Gasteiger partial charge in [-0.2, -0.15) is 0 Å². The van der Waals surface area contributed by atoms with Gasteiger partial charge in [-0.25, -0.2) is 9.78 Å². The Bertz CT molecular complexity index is 955. The average Bonchev–Trinajstić information content (AvgIpc) is 3.22. The van der Waals surface area contributed by atoms with E-state index in [1.807, 2.05) is 29.2 Å². The van der Waals surface area contributed by atoms with Crippen LogP contribution in [0.15, 0.2) is 61.2 Å². The number of hydrogen-bond donors (Lipinski definition) is 0. The number of carbonyl (C=O) groups excluding carboxylic acids is 1. The molecule has 28 heavy (non-hydrogen) atoms. The van der Waals surface area contributed by atoms with Gasteiger partial charge < -0.3 is 14.4 Å².